The average Bonchev–Trinajstić information content (AvgIpc) is 2.45. The van der Waals surface area contributed by atoms with Gasteiger partial charge in [0.05, 0.1) is 0 Å². The van der Waals surface area contributed by atoms with Crippen molar-refractivity contribution in [1.29, 1.82) is 0 Å². The van der Waals surface area contributed by atoms with Crippen molar-refractivity contribution in [3.8, 4) is 0 Å². The number of hydrogen-bond donors (Lipinski definition) is 1. The third kappa shape index (κ3) is 4.45. The van der Waals surface area contributed by atoms with Crippen molar-refractivity contribution in [2.45, 2.75) is 39.7 Å². The molecule has 0 aromatic heterocycles. The van der Waals surface area contributed by atoms with Gasteiger partial charge in [-0.3, -0.25) is 4.79 Å². The van der Waals surface area contributed by atoms with E-state index >= 15 is 0 Å². The van der Waals surface area contributed by atoms with Crippen LogP contribution in [0.4, 0.5) is 0 Å². The lowest BCUT2D eigenvalue weighted by Gasteiger charge is -2.33. The SMILES string of the molecule is Cc1cc(Cl)ccc1C(=O)N1CCCC(CNC(C)C)C1. The van der Waals surface area contributed by atoms with Crippen LogP contribution in [0.2, 0.25) is 5.02 Å². The van der Waals surface area contributed by atoms with Crippen molar-refractivity contribution in [3.05, 3.63) is 34.3 Å². The lowest BCUT2D eigenvalue weighted by atomic mass is 9.96. The predicted octanol–water partition coefficient (Wildman–Crippen LogP) is 3.50. The van der Waals surface area contributed by atoms with Gasteiger partial charge in [-0.2, -0.15) is 0 Å². The Kier molecular flexibility index (Phi) is 5.65. The maximum absolute atomic E-state index is 12.7. The van der Waals surface area contributed by atoms with Crippen LogP contribution >= 0.6 is 11.6 Å². The van der Waals surface area contributed by atoms with Crippen LogP contribution in [-0.4, -0.2) is 36.5 Å². The van der Waals surface area contributed by atoms with Gasteiger partial charge in [0.25, 0.3) is 5.91 Å². The molecule has 0 radical (unpaired) electrons. The molecular formula is C17H25ClN2O. The summed E-state index contributed by atoms with van der Waals surface area (Å²) in [6.45, 7) is 8.95. The monoisotopic (exact) mass is 308 g/mol. The number of benzene rings is 1. The van der Waals surface area contributed by atoms with Crippen LogP contribution in [0.5, 0.6) is 0 Å². The Labute approximate surface area is 132 Å². The van der Waals surface area contributed by atoms with Crippen LogP contribution in [0.15, 0.2) is 18.2 Å². The molecule has 0 spiro atoms. The number of rotatable bonds is 4. The van der Waals surface area contributed by atoms with E-state index in [9.17, 15) is 4.79 Å². The van der Waals surface area contributed by atoms with E-state index in [1.807, 2.05) is 24.0 Å². The quantitative estimate of drug-likeness (QED) is 0.923. The maximum atomic E-state index is 12.7. The first-order chi connectivity index (χ1) is 9.97. The molecule has 1 aromatic rings. The van der Waals surface area contributed by atoms with Gasteiger partial charge in [0.15, 0.2) is 0 Å². The summed E-state index contributed by atoms with van der Waals surface area (Å²) in [7, 11) is 0. The zero-order chi connectivity index (χ0) is 15.4. The van der Waals surface area contributed by atoms with Crippen molar-refractivity contribution >= 4 is 17.5 Å². The molecule has 1 aliphatic rings. The summed E-state index contributed by atoms with van der Waals surface area (Å²) < 4.78 is 0. The Morgan fingerprint density at radius 1 is 1.48 bits per heavy atom. The largest absolute Gasteiger partial charge is 0.338 e. The minimum absolute atomic E-state index is 0.137. The van der Waals surface area contributed by atoms with E-state index < -0.39 is 0 Å². The second-order valence-corrected chi connectivity index (χ2v) is 6.72. The molecule has 1 aromatic carbocycles. The maximum Gasteiger partial charge on any atom is 0.254 e. The molecule has 0 bridgehead atoms. The first kappa shape index (κ1) is 16.3. The van der Waals surface area contributed by atoms with Crippen LogP contribution in [-0.2, 0) is 0 Å². The lowest BCUT2D eigenvalue weighted by Crippen LogP contribution is -2.43. The molecule has 1 fully saturated rings. The Morgan fingerprint density at radius 3 is 2.90 bits per heavy atom. The zero-order valence-corrected chi connectivity index (χ0v) is 13.9. The number of nitrogens with one attached hydrogen (secondary N) is 1. The van der Waals surface area contributed by atoms with Crippen LogP contribution in [0.1, 0.15) is 42.6 Å². The summed E-state index contributed by atoms with van der Waals surface area (Å²) in [5, 5.41) is 4.16. The summed E-state index contributed by atoms with van der Waals surface area (Å²) in [5.74, 6) is 0.691. The molecule has 0 aliphatic carbocycles. The van der Waals surface area contributed by atoms with E-state index in [0.717, 1.165) is 37.2 Å². The lowest BCUT2D eigenvalue weighted by molar-refractivity contribution is 0.0671. The van der Waals surface area contributed by atoms with Gasteiger partial charge in [-0.05, 0) is 56.0 Å². The molecule has 1 aliphatic heterocycles. The standard InChI is InChI=1S/C17H25ClN2O/c1-12(2)19-10-14-5-4-8-20(11-14)17(21)16-7-6-15(18)9-13(16)3/h6-7,9,12,14,19H,4-5,8,10-11H2,1-3H3. The second-order valence-electron chi connectivity index (χ2n) is 6.28. The molecule has 1 heterocycles. The molecule has 1 saturated heterocycles. The third-order valence-corrected chi connectivity index (χ3v) is 4.27. The van der Waals surface area contributed by atoms with Gasteiger partial charge >= 0.3 is 0 Å². The van der Waals surface area contributed by atoms with Gasteiger partial charge in [-0.25, -0.2) is 0 Å². The molecule has 116 valence electrons. The van der Waals surface area contributed by atoms with Gasteiger partial charge in [-0.15, -0.1) is 0 Å². The number of piperidine rings is 1. The summed E-state index contributed by atoms with van der Waals surface area (Å²) in [6, 6.07) is 5.99. The van der Waals surface area contributed by atoms with Gasteiger partial charge in [0, 0.05) is 29.7 Å². The number of aryl methyl sites for hydroxylation is 1. The number of carbonyl (C=O) groups excluding carboxylic acids is 1. The number of likely N-dealkylation sites (tertiary alicyclic amines) is 1. The number of halogens is 1. The fourth-order valence-electron chi connectivity index (χ4n) is 2.86. The van der Waals surface area contributed by atoms with Crippen LogP contribution < -0.4 is 5.32 Å². The van der Waals surface area contributed by atoms with Crippen molar-refractivity contribution in [2.75, 3.05) is 19.6 Å². The van der Waals surface area contributed by atoms with Crippen molar-refractivity contribution in [1.82, 2.24) is 10.2 Å². The molecule has 1 unspecified atom stereocenters. The average molecular weight is 309 g/mol. The van der Waals surface area contributed by atoms with E-state index in [1.165, 1.54) is 6.42 Å². The van der Waals surface area contributed by atoms with Crippen molar-refractivity contribution in [2.24, 2.45) is 5.92 Å². The van der Waals surface area contributed by atoms with E-state index in [0.29, 0.717) is 17.0 Å². The van der Waals surface area contributed by atoms with Crippen molar-refractivity contribution in [3.63, 3.8) is 0 Å². The number of nitrogens with zero attached hydrogens (tertiary/aromatic N) is 1. The highest BCUT2D eigenvalue weighted by Crippen LogP contribution is 2.21. The summed E-state index contributed by atoms with van der Waals surface area (Å²) in [4.78, 5) is 14.7. The molecule has 1 N–H and O–H groups in total. The van der Waals surface area contributed by atoms with Crippen molar-refractivity contribution < 1.29 is 4.79 Å². The zero-order valence-electron chi connectivity index (χ0n) is 13.2. The Morgan fingerprint density at radius 2 is 2.24 bits per heavy atom. The van der Waals surface area contributed by atoms with E-state index in [-0.39, 0.29) is 5.91 Å². The van der Waals surface area contributed by atoms with Gasteiger partial charge in [0.2, 0.25) is 0 Å². The Bertz CT molecular complexity index is 502. The van der Waals surface area contributed by atoms with Gasteiger partial charge in [0.1, 0.15) is 0 Å². The molecule has 4 heteroatoms. The highest BCUT2D eigenvalue weighted by atomic mass is 35.5. The minimum atomic E-state index is 0.137. The molecule has 0 saturated carbocycles. The fourth-order valence-corrected chi connectivity index (χ4v) is 3.08. The third-order valence-electron chi connectivity index (χ3n) is 4.04. The summed E-state index contributed by atoms with van der Waals surface area (Å²) in [5.41, 5.74) is 1.73. The van der Waals surface area contributed by atoms with Crippen LogP contribution in [0.3, 0.4) is 0 Å². The van der Waals surface area contributed by atoms with Crippen LogP contribution in [0.25, 0.3) is 0 Å². The highest BCUT2D eigenvalue weighted by Gasteiger charge is 2.25. The highest BCUT2D eigenvalue weighted by molar-refractivity contribution is 6.30. The Hall–Kier alpha value is -1.06. The van der Waals surface area contributed by atoms with E-state index in [1.54, 1.807) is 6.07 Å². The number of carbonyl (C=O) groups is 1. The first-order valence-electron chi connectivity index (χ1n) is 7.76. The normalized spacial score (nSPS) is 19.1. The smallest absolute Gasteiger partial charge is 0.254 e. The summed E-state index contributed by atoms with van der Waals surface area (Å²) >= 11 is 5.97. The van der Waals surface area contributed by atoms with E-state index in [2.05, 4.69) is 19.2 Å². The fraction of sp³-hybridized carbons (Fsp3) is 0.588. The summed E-state index contributed by atoms with van der Waals surface area (Å²) in [6.07, 6.45) is 2.28. The Balaban J connectivity index is 2.01. The van der Waals surface area contributed by atoms with Gasteiger partial charge in [-0.1, -0.05) is 25.4 Å². The minimum Gasteiger partial charge on any atom is -0.338 e. The van der Waals surface area contributed by atoms with Crippen LogP contribution in [0, 0.1) is 12.8 Å². The molecule has 3 nitrogen and oxygen atoms in total. The molecule has 1 amide bonds. The van der Waals surface area contributed by atoms with E-state index in [4.69, 9.17) is 11.6 Å². The number of hydrogen-bond acceptors (Lipinski definition) is 2. The first-order valence-corrected chi connectivity index (χ1v) is 8.14. The predicted molar refractivity (Wildman–Crippen MR) is 88.0 cm³/mol. The topological polar surface area (TPSA) is 32.3 Å². The number of amides is 1. The molecule has 2 rings (SSSR count). The van der Waals surface area contributed by atoms with Gasteiger partial charge < -0.3 is 10.2 Å². The molecule has 21 heavy (non-hydrogen) atoms. The second kappa shape index (κ2) is 7.28. The molecule has 1 atom stereocenters. The molecular weight excluding hydrogens is 284 g/mol.